The van der Waals surface area contributed by atoms with Crippen molar-refractivity contribution in [1.29, 1.82) is 0 Å². The molecule has 1 fully saturated rings. The molecule has 2 aromatic heterocycles. The van der Waals surface area contributed by atoms with Crippen molar-refractivity contribution in [2.75, 3.05) is 11.9 Å². The van der Waals surface area contributed by atoms with Gasteiger partial charge in [-0.1, -0.05) is 41.0 Å². The molecule has 1 aliphatic heterocycles. The number of aromatic nitrogens is 3. The summed E-state index contributed by atoms with van der Waals surface area (Å²) in [6, 6.07) is 8.96. The molecule has 3 heterocycles. The average molecular weight is 483 g/mol. The number of thioether (sulfide) groups is 1. The van der Waals surface area contributed by atoms with Gasteiger partial charge in [-0.2, -0.15) is 0 Å². The summed E-state index contributed by atoms with van der Waals surface area (Å²) in [5.74, 6) is 0.639. The standard InChI is InChI=1S/C20H20Cl2N4O2S2/c1-12(19(27)23-15-9-13(21)8-14(22)10-15)30-20-25-24-18(17-5-3-7-29-17)26(20)11-16-4-2-6-28-16/h3,5,7-10,12,16H,2,4,6,11H2,1H3,(H,23,27). The van der Waals surface area contributed by atoms with E-state index in [4.69, 9.17) is 27.9 Å². The van der Waals surface area contributed by atoms with Crippen molar-refractivity contribution >= 4 is 57.9 Å². The second-order valence-corrected chi connectivity index (χ2v) is 10.1. The van der Waals surface area contributed by atoms with Crippen molar-refractivity contribution in [3.63, 3.8) is 0 Å². The molecular formula is C20H20Cl2N4O2S2. The Kier molecular flexibility index (Phi) is 7.00. The van der Waals surface area contributed by atoms with Gasteiger partial charge in [-0.3, -0.25) is 9.36 Å². The van der Waals surface area contributed by atoms with Crippen molar-refractivity contribution in [2.24, 2.45) is 0 Å². The zero-order chi connectivity index (χ0) is 21.1. The van der Waals surface area contributed by atoms with Crippen LogP contribution in [0.4, 0.5) is 5.69 Å². The Labute approximate surface area is 192 Å². The van der Waals surface area contributed by atoms with Gasteiger partial charge in [-0.15, -0.1) is 21.5 Å². The first-order valence-corrected chi connectivity index (χ1v) is 12.0. The second kappa shape index (κ2) is 9.70. The summed E-state index contributed by atoms with van der Waals surface area (Å²) in [4.78, 5) is 13.8. The molecule has 1 amide bonds. The van der Waals surface area contributed by atoms with E-state index >= 15 is 0 Å². The Morgan fingerprint density at radius 3 is 2.83 bits per heavy atom. The monoisotopic (exact) mass is 482 g/mol. The lowest BCUT2D eigenvalue weighted by Crippen LogP contribution is -2.23. The molecule has 30 heavy (non-hydrogen) atoms. The molecule has 2 unspecified atom stereocenters. The van der Waals surface area contributed by atoms with Crippen molar-refractivity contribution in [1.82, 2.24) is 14.8 Å². The first-order chi connectivity index (χ1) is 14.5. The lowest BCUT2D eigenvalue weighted by Gasteiger charge is -2.16. The average Bonchev–Trinajstić information content (AvgIpc) is 3.44. The van der Waals surface area contributed by atoms with E-state index in [0.29, 0.717) is 27.4 Å². The number of carbonyl (C=O) groups excluding carboxylic acids is 1. The van der Waals surface area contributed by atoms with Gasteiger partial charge in [0.05, 0.1) is 22.8 Å². The van der Waals surface area contributed by atoms with E-state index in [1.165, 1.54) is 11.8 Å². The molecular weight excluding hydrogens is 463 g/mol. The van der Waals surface area contributed by atoms with Crippen molar-refractivity contribution in [3.8, 4) is 10.7 Å². The number of nitrogens with one attached hydrogen (secondary N) is 1. The Bertz CT molecular complexity index is 1000. The number of hydrogen-bond donors (Lipinski definition) is 1. The number of benzene rings is 1. The van der Waals surface area contributed by atoms with Gasteiger partial charge in [0, 0.05) is 22.3 Å². The van der Waals surface area contributed by atoms with Crippen molar-refractivity contribution < 1.29 is 9.53 Å². The quantitative estimate of drug-likeness (QED) is 0.443. The van der Waals surface area contributed by atoms with Crippen LogP contribution in [0, 0.1) is 0 Å². The van der Waals surface area contributed by atoms with Crippen LogP contribution in [0.1, 0.15) is 19.8 Å². The second-order valence-electron chi connectivity index (χ2n) is 6.94. The van der Waals surface area contributed by atoms with Gasteiger partial charge in [0.2, 0.25) is 5.91 Å². The van der Waals surface area contributed by atoms with Gasteiger partial charge in [0.1, 0.15) is 0 Å². The van der Waals surface area contributed by atoms with Crippen LogP contribution in [0.2, 0.25) is 10.0 Å². The Morgan fingerprint density at radius 1 is 1.37 bits per heavy atom. The molecule has 1 saturated heterocycles. The first-order valence-electron chi connectivity index (χ1n) is 9.52. The molecule has 1 aliphatic rings. The highest BCUT2D eigenvalue weighted by atomic mass is 35.5. The number of halogens is 2. The third-order valence-electron chi connectivity index (χ3n) is 4.65. The molecule has 1 aromatic carbocycles. The van der Waals surface area contributed by atoms with Crippen LogP contribution < -0.4 is 5.32 Å². The van der Waals surface area contributed by atoms with E-state index in [-0.39, 0.29) is 12.0 Å². The summed E-state index contributed by atoms with van der Waals surface area (Å²) in [5.41, 5.74) is 0.560. The molecule has 3 aromatic rings. The highest BCUT2D eigenvalue weighted by molar-refractivity contribution is 8.00. The summed E-state index contributed by atoms with van der Waals surface area (Å²) in [6.07, 6.45) is 2.21. The molecule has 0 saturated carbocycles. The highest BCUT2D eigenvalue weighted by Crippen LogP contribution is 2.31. The number of hydrogen-bond acceptors (Lipinski definition) is 6. The minimum atomic E-state index is -0.397. The van der Waals surface area contributed by atoms with Crippen LogP contribution in [0.15, 0.2) is 40.9 Å². The van der Waals surface area contributed by atoms with Crippen LogP contribution in [0.25, 0.3) is 10.7 Å². The minimum Gasteiger partial charge on any atom is -0.376 e. The first kappa shape index (κ1) is 21.6. The molecule has 10 heteroatoms. The molecule has 2 atom stereocenters. The smallest absolute Gasteiger partial charge is 0.237 e. The lowest BCUT2D eigenvalue weighted by atomic mass is 10.2. The van der Waals surface area contributed by atoms with E-state index < -0.39 is 5.25 Å². The van der Waals surface area contributed by atoms with Gasteiger partial charge >= 0.3 is 0 Å². The van der Waals surface area contributed by atoms with E-state index in [1.54, 1.807) is 29.5 Å². The predicted octanol–water partition coefficient (Wildman–Crippen LogP) is 5.61. The molecule has 158 valence electrons. The number of rotatable bonds is 7. The van der Waals surface area contributed by atoms with Crippen molar-refractivity contribution in [3.05, 3.63) is 45.8 Å². The maximum absolute atomic E-state index is 12.7. The summed E-state index contributed by atoms with van der Waals surface area (Å²) in [6.45, 7) is 3.29. The van der Waals surface area contributed by atoms with Gasteiger partial charge in [0.15, 0.2) is 11.0 Å². The number of carbonyl (C=O) groups is 1. The van der Waals surface area contributed by atoms with Gasteiger partial charge < -0.3 is 10.1 Å². The van der Waals surface area contributed by atoms with Gasteiger partial charge in [-0.05, 0) is 49.4 Å². The van der Waals surface area contributed by atoms with Crippen LogP contribution in [0.3, 0.4) is 0 Å². The maximum Gasteiger partial charge on any atom is 0.237 e. The third-order valence-corrected chi connectivity index (χ3v) is 7.03. The largest absolute Gasteiger partial charge is 0.376 e. The fourth-order valence-electron chi connectivity index (χ4n) is 3.20. The molecule has 4 rings (SSSR count). The van der Waals surface area contributed by atoms with Crippen LogP contribution >= 0.6 is 46.3 Å². The Balaban J connectivity index is 1.51. The number of nitrogens with zero attached hydrogens (tertiary/aromatic N) is 3. The molecule has 0 radical (unpaired) electrons. The SMILES string of the molecule is CC(Sc1nnc(-c2cccs2)n1CC1CCCO1)C(=O)Nc1cc(Cl)cc(Cl)c1. The van der Waals surface area contributed by atoms with E-state index in [0.717, 1.165) is 30.2 Å². The Hall–Kier alpha value is -1.58. The molecule has 6 nitrogen and oxygen atoms in total. The number of thiophene rings is 1. The molecule has 1 N–H and O–H groups in total. The fraction of sp³-hybridized carbons (Fsp3) is 0.350. The number of ether oxygens (including phenoxy) is 1. The number of anilines is 1. The van der Waals surface area contributed by atoms with Gasteiger partial charge in [0.25, 0.3) is 0 Å². The maximum atomic E-state index is 12.7. The summed E-state index contributed by atoms with van der Waals surface area (Å²) in [5, 5.41) is 14.9. The zero-order valence-corrected chi connectivity index (χ0v) is 19.3. The summed E-state index contributed by atoms with van der Waals surface area (Å²) >= 11 is 15.0. The van der Waals surface area contributed by atoms with Crippen LogP contribution in [-0.4, -0.2) is 38.6 Å². The van der Waals surface area contributed by atoms with Crippen LogP contribution in [-0.2, 0) is 16.1 Å². The van der Waals surface area contributed by atoms with Crippen molar-refractivity contribution in [2.45, 2.75) is 42.8 Å². The molecule has 0 aliphatic carbocycles. The fourth-order valence-corrected chi connectivity index (χ4v) is 5.30. The Morgan fingerprint density at radius 2 is 2.17 bits per heavy atom. The predicted molar refractivity (Wildman–Crippen MR) is 123 cm³/mol. The highest BCUT2D eigenvalue weighted by Gasteiger charge is 2.25. The van der Waals surface area contributed by atoms with Gasteiger partial charge in [-0.25, -0.2) is 0 Å². The molecule has 0 spiro atoms. The summed E-state index contributed by atoms with van der Waals surface area (Å²) in [7, 11) is 0. The minimum absolute atomic E-state index is 0.136. The van der Waals surface area contributed by atoms with E-state index in [9.17, 15) is 4.79 Å². The van der Waals surface area contributed by atoms with Crippen LogP contribution in [0.5, 0.6) is 0 Å². The van der Waals surface area contributed by atoms with E-state index in [1.807, 2.05) is 24.4 Å². The lowest BCUT2D eigenvalue weighted by molar-refractivity contribution is -0.115. The summed E-state index contributed by atoms with van der Waals surface area (Å²) < 4.78 is 7.88. The zero-order valence-electron chi connectivity index (χ0n) is 16.2. The normalized spacial score (nSPS) is 17.2. The number of amides is 1. The topological polar surface area (TPSA) is 69.0 Å². The third kappa shape index (κ3) is 5.18. The van der Waals surface area contributed by atoms with E-state index in [2.05, 4.69) is 20.1 Å². The molecule has 0 bridgehead atoms.